The highest BCUT2D eigenvalue weighted by atomic mass is 19.4. The van der Waals surface area contributed by atoms with Crippen LogP contribution >= 0.6 is 0 Å². The van der Waals surface area contributed by atoms with Gasteiger partial charge in [-0.15, -0.1) is 0 Å². The molecule has 23 heteroatoms. The van der Waals surface area contributed by atoms with E-state index in [0.717, 1.165) is 13.1 Å². The number of nitrogens with zero attached hydrogens (tertiary/aromatic N) is 1. The van der Waals surface area contributed by atoms with Crippen molar-refractivity contribution in [3.05, 3.63) is 0 Å². The Morgan fingerprint density at radius 1 is 0.638 bits per heavy atom. The maximum atomic E-state index is 12.0. The van der Waals surface area contributed by atoms with Gasteiger partial charge in [0.15, 0.2) is 0 Å². The molecule has 0 bridgehead atoms. The number of ether oxygens (including phenoxy) is 8. The van der Waals surface area contributed by atoms with Crippen molar-refractivity contribution >= 4 is 35.6 Å². The molecular weight excluding hydrogens is 787 g/mol. The normalized spacial score (nSPS) is 12.1. The Balaban J connectivity index is 0. The van der Waals surface area contributed by atoms with Crippen LogP contribution in [0.5, 0.6) is 0 Å². The van der Waals surface area contributed by atoms with Gasteiger partial charge in [-0.3, -0.25) is 24.0 Å². The standard InChI is InChI=1S/C33H63N5O13.C2HF3O2/c1-33(2,3)51-32(43)27(34)7-8-28(39)36-11-16-46-21-24-50-26-30(41)37-12-17-47-22-23-49-25-29(40)35-10-13-38(4,5)14-18-48-20-19-45-15-9-31(42)44-6;3-2(4,5)1(6)7/h27H,7-26,34H2,1-6H3,(H2-,35,36,37,39,40,41);(H,6,7)/t27-;/m0./s1. The molecule has 0 saturated carbocycles. The summed E-state index contributed by atoms with van der Waals surface area (Å²) in [6, 6.07) is -0.862. The number of hydrogen-bond donors (Lipinski definition) is 4. The smallest absolute Gasteiger partial charge is 0.430 e. The summed E-state index contributed by atoms with van der Waals surface area (Å²) in [6.45, 7) is 10.8. The predicted molar refractivity (Wildman–Crippen MR) is 197 cm³/mol. The minimum atomic E-state index is -5.19. The van der Waals surface area contributed by atoms with Gasteiger partial charge in [0.05, 0.1) is 107 Å². The van der Waals surface area contributed by atoms with Crippen LogP contribution in [0.4, 0.5) is 13.2 Å². The summed E-state index contributed by atoms with van der Waals surface area (Å²) in [5.74, 6) is -4.60. The number of esters is 2. The number of rotatable bonds is 32. The summed E-state index contributed by atoms with van der Waals surface area (Å²) >= 11 is 0. The minimum Gasteiger partial charge on any atom is -0.542 e. The number of amides is 3. The molecule has 0 fully saturated rings. The fourth-order valence-corrected chi connectivity index (χ4v) is 3.77. The summed E-state index contributed by atoms with van der Waals surface area (Å²) in [7, 11) is 5.44. The largest absolute Gasteiger partial charge is 0.542 e. The second kappa shape index (κ2) is 33.2. The zero-order valence-corrected chi connectivity index (χ0v) is 34.5. The lowest BCUT2D eigenvalue weighted by Gasteiger charge is -2.29. The maximum Gasteiger partial charge on any atom is 0.430 e. The molecule has 0 rings (SSSR count). The summed E-state index contributed by atoms with van der Waals surface area (Å²) < 4.78 is 74.2. The quantitative estimate of drug-likeness (QED) is 0.0319. The van der Waals surface area contributed by atoms with Crippen LogP contribution in [0.25, 0.3) is 0 Å². The van der Waals surface area contributed by atoms with E-state index in [9.17, 15) is 37.1 Å². The lowest BCUT2D eigenvalue weighted by molar-refractivity contribution is -0.889. The van der Waals surface area contributed by atoms with Gasteiger partial charge in [0.1, 0.15) is 37.4 Å². The first-order valence-corrected chi connectivity index (χ1v) is 18.5. The van der Waals surface area contributed by atoms with Crippen molar-refractivity contribution in [2.75, 3.05) is 133 Å². The topological polar surface area (TPSA) is 261 Å². The summed E-state index contributed by atoms with van der Waals surface area (Å²) in [5.41, 5.74) is 5.14. The molecule has 0 aromatic heterocycles. The van der Waals surface area contributed by atoms with E-state index in [1.165, 1.54) is 7.11 Å². The van der Waals surface area contributed by atoms with Crippen molar-refractivity contribution in [1.82, 2.24) is 16.0 Å². The minimum absolute atomic E-state index is 0.0745. The fourth-order valence-electron chi connectivity index (χ4n) is 3.77. The predicted octanol–water partition coefficient (Wildman–Crippen LogP) is -2.18. The van der Waals surface area contributed by atoms with E-state index >= 15 is 0 Å². The number of carboxylic acids is 1. The molecule has 0 aliphatic carbocycles. The van der Waals surface area contributed by atoms with E-state index in [1.54, 1.807) is 20.8 Å². The first kappa shape index (κ1) is 56.4. The van der Waals surface area contributed by atoms with E-state index < -0.39 is 29.8 Å². The lowest BCUT2D eigenvalue weighted by Crippen LogP contribution is -2.47. The fraction of sp³-hybridized carbons (Fsp3) is 0.829. The van der Waals surface area contributed by atoms with Crippen molar-refractivity contribution in [3.8, 4) is 0 Å². The number of alkyl halides is 3. The van der Waals surface area contributed by atoms with Crippen LogP contribution in [0.2, 0.25) is 0 Å². The highest BCUT2D eigenvalue weighted by molar-refractivity contribution is 5.79. The highest BCUT2D eigenvalue weighted by Gasteiger charge is 2.29. The second-order valence-corrected chi connectivity index (χ2v) is 13.8. The SMILES string of the molecule is COC(=O)CCOCCOCC[N+](C)(C)CCNC(=O)COCCOCCNC(=O)COCCOCCNC(=O)CC[C@H](N)C(=O)OC(C)(C)C.O=C([O-])C(F)(F)F. The number of carbonyl (C=O) groups excluding carboxylic acids is 6. The Morgan fingerprint density at radius 2 is 1.07 bits per heavy atom. The Morgan fingerprint density at radius 3 is 1.53 bits per heavy atom. The van der Waals surface area contributed by atoms with Gasteiger partial charge < -0.3 is 74.0 Å². The molecule has 0 aromatic carbocycles. The molecule has 58 heavy (non-hydrogen) atoms. The van der Waals surface area contributed by atoms with E-state index in [0.29, 0.717) is 44.0 Å². The number of nitrogens with one attached hydrogen (secondary N) is 3. The third-order valence-electron chi connectivity index (χ3n) is 6.90. The van der Waals surface area contributed by atoms with Gasteiger partial charge >= 0.3 is 18.1 Å². The van der Waals surface area contributed by atoms with Crippen LogP contribution in [0.15, 0.2) is 0 Å². The lowest BCUT2D eigenvalue weighted by atomic mass is 10.1. The Labute approximate surface area is 337 Å². The van der Waals surface area contributed by atoms with Gasteiger partial charge in [-0.2, -0.15) is 13.2 Å². The summed E-state index contributed by atoms with van der Waals surface area (Å²) in [4.78, 5) is 67.4. The average Bonchev–Trinajstić information content (AvgIpc) is 3.12. The van der Waals surface area contributed by atoms with Crippen LogP contribution in [-0.2, 0) is 66.7 Å². The number of carboxylic acid groups (broad SMARTS) is 1. The maximum absolute atomic E-state index is 12.0. The van der Waals surface area contributed by atoms with E-state index in [4.69, 9.17) is 48.8 Å². The number of halogens is 3. The third kappa shape index (κ3) is 39.1. The molecule has 0 spiro atoms. The summed E-state index contributed by atoms with van der Waals surface area (Å²) in [6.07, 6.45) is -4.70. The molecule has 3 amide bonds. The zero-order chi connectivity index (χ0) is 44.5. The first-order valence-electron chi connectivity index (χ1n) is 18.5. The first-order chi connectivity index (χ1) is 27.1. The van der Waals surface area contributed by atoms with E-state index in [2.05, 4.69) is 20.7 Å². The Hall–Kier alpha value is -3.71. The van der Waals surface area contributed by atoms with Gasteiger partial charge in [-0.1, -0.05) is 0 Å². The van der Waals surface area contributed by atoms with Gasteiger partial charge in [-0.25, -0.2) is 0 Å². The van der Waals surface area contributed by atoms with Crippen molar-refractivity contribution < 1.29 is 89.4 Å². The number of likely N-dealkylation sites (N-methyl/N-ethyl adjacent to an activating group) is 1. The van der Waals surface area contributed by atoms with E-state index in [1.807, 2.05) is 14.1 Å². The van der Waals surface area contributed by atoms with Crippen LogP contribution in [0.1, 0.15) is 40.0 Å². The van der Waals surface area contributed by atoms with Crippen molar-refractivity contribution in [1.29, 1.82) is 0 Å². The van der Waals surface area contributed by atoms with Gasteiger partial charge in [0, 0.05) is 19.5 Å². The molecule has 0 radical (unpaired) electrons. The van der Waals surface area contributed by atoms with Crippen molar-refractivity contribution in [3.63, 3.8) is 0 Å². The molecule has 0 aliphatic heterocycles. The molecule has 0 saturated heterocycles. The van der Waals surface area contributed by atoms with Gasteiger partial charge in [0.2, 0.25) is 17.7 Å². The monoisotopic (exact) mass is 851 g/mol. The highest BCUT2D eigenvalue weighted by Crippen LogP contribution is 2.11. The molecule has 20 nitrogen and oxygen atoms in total. The zero-order valence-electron chi connectivity index (χ0n) is 34.5. The van der Waals surface area contributed by atoms with Crippen LogP contribution < -0.4 is 26.8 Å². The molecule has 1 atom stereocenters. The van der Waals surface area contributed by atoms with Crippen molar-refractivity contribution in [2.24, 2.45) is 5.73 Å². The third-order valence-corrected chi connectivity index (χ3v) is 6.90. The molecular formula is C35H64F3N5O15. The Kier molecular flexibility index (Phi) is 32.2. The van der Waals surface area contributed by atoms with Gasteiger partial charge in [-0.05, 0) is 27.2 Å². The number of nitrogens with two attached hydrogens (primary N) is 1. The number of aliphatic carboxylic acids is 1. The molecule has 0 aliphatic rings. The average molecular weight is 852 g/mol. The van der Waals surface area contributed by atoms with E-state index in [-0.39, 0.29) is 102 Å². The van der Waals surface area contributed by atoms with Gasteiger partial charge in [0.25, 0.3) is 0 Å². The Bertz CT molecular complexity index is 1180. The second-order valence-electron chi connectivity index (χ2n) is 13.8. The number of hydrogen-bond acceptors (Lipinski definition) is 16. The molecule has 5 N–H and O–H groups in total. The molecule has 340 valence electrons. The molecule has 0 unspecified atom stereocenters. The number of quaternary nitrogens is 1. The van der Waals surface area contributed by atoms with Crippen LogP contribution in [0, 0.1) is 0 Å². The van der Waals surface area contributed by atoms with Crippen LogP contribution in [-0.4, -0.2) is 191 Å². The number of carbonyl (C=O) groups is 6. The van der Waals surface area contributed by atoms with Crippen LogP contribution in [0.3, 0.4) is 0 Å². The molecule has 0 heterocycles. The van der Waals surface area contributed by atoms with Crippen molar-refractivity contribution in [2.45, 2.75) is 57.9 Å². The molecule has 0 aromatic rings. The summed E-state index contributed by atoms with van der Waals surface area (Å²) in [5, 5.41) is 17.0. The number of methoxy groups -OCH3 is 1.